The molecule has 0 unspecified atom stereocenters. The second-order valence-electron chi connectivity index (χ2n) is 3.67. The first kappa shape index (κ1) is 9.62. The highest BCUT2D eigenvalue weighted by Gasteiger charge is 2.05. The van der Waals surface area contributed by atoms with Gasteiger partial charge in [0.15, 0.2) is 0 Å². The second kappa shape index (κ2) is 3.67. The Hall–Kier alpha value is -1.93. The highest BCUT2D eigenvalue weighted by Crippen LogP contribution is 2.18. The Morgan fingerprint density at radius 3 is 3.00 bits per heavy atom. The number of rotatable bonds is 2. The minimum Gasteiger partial charge on any atom is -0.307 e. The molecule has 0 saturated heterocycles. The van der Waals surface area contributed by atoms with Crippen molar-refractivity contribution in [3.63, 3.8) is 0 Å². The normalized spacial score (nSPS) is 10.6. The number of imidazole rings is 1. The molecule has 0 N–H and O–H groups in total. The zero-order chi connectivity index (χ0) is 10.8. The van der Waals surface area contributed by atoms with Gasteiger partial charge >= 0.3 is 0 Å². The summed E-state index contributed by atoms with van der Waals surface area (Å²) in [6, 6.07) is 3.51. The predicted molar refractivity (Wildman–Crippen MR) is 57.1 cm³/mol. The number of fused-ring (bicyclic) bond motifs is 1. The first-order valence-electron chi connectivity index (χ1n) is 4.77. The van der Waals surface area contributed by atoms with Crippen LogP contribution in [0.4, 0.5) is 5.69 Å². The summed E-state index contributed by atoms with van der Waals surface area (Å²) >= 11 is 0. The highest BCUT2D eigenvalue weighted by molar-refractivity contribution is 5.56. The van der Waals surface area contributed by atoms with Gasteiger partial charge < -0.3 is 4.40 Å². The molecule has 0 aliphatic carbocycles. The Balaban J connectivity index is 2.56. The van der Waals surface area contributed by atoms with Gasteiger partial charge in [-0.1, -0.05) is 13.8 Å². The average molecular weight is 201 g/mol. The van der Waals surface area contributed by atoms with Gasteiger partial charge in [-0.05, 0) is 12.0 Å². The summed E-state index contributed by atoms with van der Waals surface area (Å²) < 4.78 is 1.92. The van der Waals surface area contributed by atoms with Crippen molar-refractivity contribution in [2.45, 2.75) is 19.8 Å². The van der Waals surface area contributed by atoms with E-state index < -0.39 is 0 Å². The molecule has 0 radical (unpaired) electrons. The van der Waals surface area contributed by atoms with Crippen LogP contribution in [0.3, 0.4) is 0 Å². The molecule has 2 heterocycles. The summed E-state index contributed by atoms with van der Waals surface area (Å²) in [5.74, 6) is 0.392. The molecule has 0 amide bonds. The van der Waals surface area contributed by atoms with Gasteiger partial charge in [0, 0.05) is 18.5 Å². The van der Waals surface area contributed by atoms with E-state index in [0.29, 0.717) is 11.6 Å². The summed E-state index contributed by atoms with van der Waals surface area (Å²) in [5.41, 5.74) is 2.41. The van der Waals surface area contributed by atoms with E-state index in [9.17, 15) is 4.79 Å². The van der Waals surface area contributed by atoms with Crippen molar-refractivity contribution in [3.05, 3.63) is 30.2 Å². The molecule has 4 nitrogen and oxygen atoms in total. The molecule has 2 aromatic rings. The van der Waals surface area contributed by atoms with Gasteiger partial charge in [-0.2, -0.15) is 4.99 Å². The summed E-state index contributed by atoms with van der Waals surface area (Å²) in [5, 5.41) is 0. The summed E-state index contributed by atoms with van der Waals surface area (Å²) in [4.78, 5) is 18.1. The Kier molecular flexibility index (Phi) is 2.35. The number of hydrogen-bond acceptors (Lipinski definition) is 3. The number of aromatic nitrogens is 2. The topological polar surface area (TPSA) is 46.7 Å². The van der Waals surface area contributed by atoms with Crippen LogP contribution in [0.5, 0.6) is 0 Å². The van der Waals surface area contributed by atoms with E-state index in [4.69, 9.17) is 0 Å². The lowest BCUT2D eigenvalue weighted by Gasteiger charge is -1.94. The SMILES string of the molecule is CC(C)c1cn2ccc(N=C=O)cc2n1. The van der Waals surface area contributed by atoms with E-state index >= 15 is 0 Å². The van der Waals surface area contributed by atoms with Gasteiger partial charge in [0.2, 0.25) is 6.08 Å². The molecule has 2 aromatic heterocycles. The molecule has 4 heteroatoms. The Bertz CT molecular complexity index is 536. The van der Waals surface area contributed by atoms with Gasteiger partial charge in [-0.25, -0.2) is 9.78 Å². The minimum atomic E-state index is 0.392. The lowest BCUT2D eigenvalue weighted by molar-refractivity contribution is 0.565. The van der Waals surface area contributed by atoms with E-state index in [1.807, 2.05) is 16.8 Å². The van der Waals surface area contributed by atoms with Crippen LogP contribution in [-0.2, 0) is 4.79 Å². The molecule has 0 spiro atoms. The average Bonchev–Trinajstić information content (AvgIpc) is 2.61. The van der Waals surface area contributed by atoms with Crippen molar-refractivity contribution < 1.29 is 4.79 Å². The molecule has 0 aromatic carbocycles. The van der Waals surface area contributed by atoms with E-state index in [2.05, 4.69) is 23.8 Å². The van der Waals surface area contributed by atoms with Crippen LogP contribution in [0.1, 0.15) is 25.5 Å². The zero-order valence-corrected chi connectivity index (χ0v) is 8.64. The van der Waals surface area contributed by atoms with Crippen LogP contribution in [0.2, 0.25) is 0 Å². The monoisotopic (exact) mass is 201 g/mol. The fourth-order valence-electron chi connectivity index (χ4n) is 1.39. The first-order valence-corrected chi connectivity index (χ1v) is 4.77. The number of aliphatic imine (C=N–C) groups is 1. The summed E-state index contributed by atoms with van der Waals surface area (Å²) in [7, 11) is 0. The molecule has 0 bridgehead atoms. The van der Waals surface area contributed by atoms with Gasteiger partial charge in [-0.3, -0.25) is 0 Å². The summed E-state index contributed by atoms with van der Waals surface area (Å²) in [6.45, 7) is 4.18. The zero-order valence-electron chi connectivity index (χ0n) is 8.64. The van der Waals surface area contributed by atoms with Gasteiger partial charge in [-0.15, -0.1) is 0 Å². The lowest BCUT2D eigenvalue weighted by Crippen LogP contribution is -1.84. The number of carbonyl (C=O) groups excluding carboxylic acids is 1. The van der Waals surface area contributed by atoms with Crippen LogP contribution in [-0.4, -0.2) is 15.5 Å². The third-order valence-electron chi connectivity index (χ3n) is 2.23. The van der Waals surface area contributed by atoms with Crippen molar-refractivity contribution in [1.29, 1.82) is 0 Å². The fourth-order valence-corrected chi connectivity index (χ4v) is 1.39. The smallest absolute Gasteiger partial charge is 0.240 e. The molecule has 0 aliphatic heterocycles. The maximum atomic E-state index is 10.1. The quantitative estimate of drug-likeness (QED) is 0.553. The predicted octanol–water partition coefficient (Wildman–Crippen LogP) is 2.43. The largest absolute Gasteiger partial charge is 0.307 e. The lowest BCUT2D eigenvalue weighted by atomic mass is 10.2. The number of nitrogens with zero attached hydrogens (tertiary/aromatic N) is 3. The standard InChI is InChI=1S/C11H11N3O/c1-8(2)10-6-14-4-3-9(12-7-15)5-11(14)13-10/h3-6,8H,1-2H3. The van der Waals surface area contributed by atoms with Crippen molar-refractivity contribution in [2.24, 2.45) is 4.99 Å². The Labute approximate surface area is 87.3 Å². The maximum absolute atomic E-state index is 10.1. The third kappa shape index (κ3) is 1.80. The fraction of sp³-hybridized carbons (Fsp3) is 0.273. The summed E-state index contributed by atoms with van der Waals surface area (Å²) in [6.07, 6.45) is 5.33. The van der Waals surface area contributed by atoms with Crippen molar-refractivity contribution in [2.75, 3.05) is 0 Å². The molecule has 0 atom stereocenters. The van der Waals surface area contributed by atoms with Crippen LogP contribution >= 0.6 is 0 Å². The number of isocyanates is 1. The van der Waals surface area contributed by atoms with Gasteiger partial charge in [0.1, 0.15) is 5.65 Å². The third-order valence-corrected chi connectivity index (χ3v) is 2.23. The Morgan fingerprint density at radius 1 is 1.53 bits per heavy atom. The molecule has 0 saturated carbocycles. The molecular formula is C11H11N3O. The first-order chi connectivity index (χ1) is 7.20. The van der Waals surface area contributed by atoms with Crippen molar-refractivity contribution in [3.8, 4) is 0 Å². The number of hydrogen-bond donors (Lipinski definition) is 0. The molecule has 76 valence electrons. The van der Waals surface area contributed by atoms with Crippen LogP contribution in [0.15, 0.2) is 29.5 Å². The Morgan fingerprint density at radius 2 is 2.33 bits per heavy atom. The molecule has 0 aliphatic rings. The molecule has 15 heavy (non-hydrogen) atoms. The van der Waals surface area contributed by atoms with E-state index in [1.54, 1.807) is 12.1 Å². The maximum Gasteiger partial charge on any atom is 0.240 e. The van der Waals surface area contributed by atoms with Gasteiger partial charge in [0.25, 0.3) is 0 Å². The van der Waals surface area contributed by atoms with E-state index in [-0.39, 0.29) is 0 Å². The van der Waals surface area contributed by atoms with E-state index in [1.165, 1.54) is 6.08 Å². The van der Waals surface area contributed by atoms with Gasteiger partial charge in [0.05, 0.1) is 11.4 Å². The second-order valence-corrected chi connectivity index (χ2v) is 3.67. The van der Waals surface area contributed by atoms with E-state index in [0.717, 1.165) is 11.3 Å². The van der Waals surface area contributed by atoms with Crippen molar-refractivity contribution >= 4 is 17.4 Å². The van der Waals surface area contributed by atoms with Crippen LogP contribution in [0, 0.1) is 0 Å². The minimum absolute atomic E-state index is 0.392. The molecule has 2 rings (SSSR count). The number of pyridine rings is 1. The van der Waals surface area contributed by atoms with Crippen LogP contribution in [0.25, 0.3) is 5.65 Å². The highest BCUT2D eigenvalue weighted by atomic mass is 16.1. The molecular weight excluding hydrogens is 190 g/mol. The van der Waals surface area contributed by atoms with Crippen molar-refractivity contribution in [1.82, 2.24) is 9.38 Å². The van der Waals surface area contributed by atoms with Crippen LogP contribution < -0.4 is 0 Å². The molecule has 0 fully saturated rings.